The van der Waals surface area contributed by atoms with E-state index in [1.807, 2.05) is 14.0 Å². The number of hydrogen-bond donors (Lipinski definition) is 3. The lowest BCUT2D eigenvalue weighted by atomic mass is 10.1. The molecule has 0 aromatic rings. The van der Waals surface area contributed by atoms with Crippen LogP contribution in [0.2, 0.25) is 0 Å². The van der Waals surface area contributed by atoms with Gasteiger partial charge >= 0.3 is 12.0 Å². The number of morpholine rings is 1. The maximum atomic E-state index is 11.7. The van der Waals surface area contributed by atoms with Crippen molar-refractivity contribution in [3.63, 3.8) is 0 Å². The summed E-state index contributed by atoms with van der Waals surface area (Å²) in [7, 11) is 2.01. The predicted molar refractivity (Wildman–Crippen MR) is 74.7 cm³/mol. The summed E-state index contributed by atoms with van der Waals surface area (Å²) in [5, 5.41) is 14.2. The van der Waals surface area contributed by atoms with E-state index < -0.39 is 5.97 Å². The van der Waals surface area contributed by atoms with Gasteiger partial charge < -0.3 is 25.4 Å². The zero-order valence-electron chi connectivity index (χ0n) is 12.2. The van der Waals surface area contributed by atoms with Gasteiger partial charge in [-0.1, -0.05) is 13.3 Å². The van der Waals surface area contributed by atoms with Crippen molar-refractivity contribution in [1.29, 1.82) is 0 Å². The highest BCUT2D eigenvalue weighted by atomic mass is 16.5. The average molecular weight is 287 g/mol. The summed E-state index contributed by atoms with van der Waals surface area (Å²) in [5.41, 5.74) is 0. The van der Waals surface area contributed by atoms with Crippen molar-refractivity contribution in [1.82, 2.24) is 15.5 Å². The van der Waals surface area contributed by atoms with Crippen LogP contribution in [-0.2, 0) is 9.53 Å². The van der Waals surface area contributed by atoms with Gasteiger partial charge in [0.25, 0.3) is 0 Å². The highest BCUT2D eigenvalue weighted by Gasteiger charge is 2.19. The summed E-state index contributed by atoms with van der Waals surface area (Å²) in [6, 6.07) is -0.658. The molecule has 1 heterocycles. The number of amides is 2. The van der Waals surface area contributed by atoms with Crippen LogP contribution in [0.4, 0.5) is 4.79 Å². The molecule has 116 valence electrons. The maximum Gasteiger partial charge on any atom is 0.315 e. The molecule has 0 spiro atoms. The van der Waals surface area contributed by atoms with Crippen LogP contribution >= 0.6 is 0 Å². The summed E-state index contributed by atoms with van der Waals surface area (Å²) in [4.78, 5) is 24.6. The Morgan fingerprint density at radius 3 is 2.85 bits per heavy atom. The zero-order chi connectivity index (χ0) is 15.0. The second-order valence-electron chi connectivity index (χ2n) is 5.19. The number of aliphatic carboxylic acids is 1. The Labute approximate surface area is 119 Å². The molecule has 1 aliphatic heterocycles. The largest absolute Gasteiger partial charge is 0.481 e. The summed E-state index contributed by atoms with van der Waals surface area (Å²) >= 11 is 0. The summed E-state index contributed by atoms with van der Waals surface area (Å²) in [6.45, 7) is 4.75. The van der Waals surface area contributed by atoms with E-state index in [9.17, 15) is 9.59 Å². The molecule has 3 N–H and O–H groups in total. The zero-order valence-corrected chi connectivity index (χ0v) is 12.2. The Morgan fingerprint density at radius 2 is 2.25 bits per heavy atom. The normalized spacial score (nSPS) is 21.2. The number of carboxylic acid groups (broad SMARTS) is 1. The number of carbonyl (C=O) groups is 2. The third-order valence-corrected chi connectivity index (χ3v) is 3.23. The minimum atomic E-state index is -0.902. The molecule has 2 amide bonds. The van der Waals surface area contributed by atoms with E-state index in [0.717, 1.165) is 19.5 Å². The van der Waals surface area contributed by atoms with E-state index in [1.165, 1.54) is 0 Å². The van der Waals surface area contributed by atoms with Gasteiger partial charge in [0.15, 0.2) is 0 Å². The first-order valence-corrected chi connectivity index (χ1v) is 7.07. The van der Waals surface area contributed by atoms with Crippen molar-refractivity contribution in [2.75, 3.05) is 33.3 Å². The Bertz CT molecular complexity index is 325. The molecule has 1 fully saturated rings. The molecule has 1 saturated heterocycles. The molecule has 0 saturated carbocycles. The topological polar surface area (TPSA) is 90.9 Å². The first kappa shape index (κ1) is 16.7. The lowest BCUT2D eigenvalue weighted by Crippen LogP contribution is -2.49. The van der Waals surface area contributed by atoms with Crippen LogP contribution in [-0.4, -0.2) is 67.4 Å². The highest BCUT2D eigenvalue weighted by molar-refractivity contribution is 5.75. The van der Waals surface area contributed by atoms with Gasteiger partial charge in [0.1, 0.15) is 0 Å². The van der Waals surface area contributed by atoms with Crippen LogP contribution in [0, 0.1) is 0 Å². The number of likely N-dealkylation sites (N-methyl/N-ethyl adjacent to an activating group) is 1. The monoisotopic (exact) mass is 287 g/mol. The minimum Gasteiger partial charge on any atom is -0.481 e. The quantitative estimate of drug-likeness (QED) is 0.625. The van der Waals surface area contributed by atoms with Gasteiger partial charge in [0.05, 0.1) is 19.1 Å². The van der Waals surface area contributed by atoms with Crippen molar-refractivity contribution in [3.8, 4) is 0 Å². The van der Waals surface area contributed by atoms with E-state index in [0.29, 0.717) is 19.6 Å². The maximum absolute atomic E-state index is 11.7. The average Bonchev–Trinajstić information content (AvgIpc) is 2.36. The second-order valence-corrected chi connectivity index (χ2v) is 5.19. The highest BCUT2D eigenvalue weighted by Crippen LogP contribution is 2.03. The van der Waals surface area contributed by atoms with E-state index in [-0.39, 0.29) is 24.6 Å². The molecule has 0 aromatic heterocycles. The van der Waals surface area contributed by atoms with E-state index >= 15 is 0 Å². The number of nitrogens with one attached hydrogen (secondary N) is 2. The number of carbonyl (C=O) groups excluding carboxylic acids is 1. The van der Waals surface area contributed by atoms with Crippen molar-refractivity contribution in [2.45, 2.75) is 38.3 Å². The van der Waals surface area contributed by atoms with E-state index in [1.54, 1.807) is 0 Å². The van der Waals surface area contributed by atoms with E-state index in [2.05, 4.69) is 15.5 Å². The summed E-state index contributed by atoms with van der Waals surface area (Å²) in [6.07, 6.45) is 1.42. The molecule has 1 aliphatic rings. The molecule has 2 atom stereocenters. The lowest BCUT2D eigenvalue weighted by molar-refractivity contribution is -0.137. The van der Waals surface area contributed by atoms with Crippen molar-refractivity contribution in [3.05, 3.63) is 0 Å². The molecule has 0 aliphatic carbocycles. The van der Waals surface area contributed by atoms with Crippen LogP contribution < -0.4 is 10.6 Å². The molecular formula is C13H25N3O4. The van der Waals surface area contributed by atoms with Crippen molar-refractivity contribution in [2.24, 2.45) is 0 Å². The molecule has 0 radical (unpaired) electrons. The standard InChI is InChI=1S/C13H25N3O4/c1-3-4-10(7-12(17)18)15-13(19)14-8-11-9-16(2)5-6-20-11/h10-11H,3-9H2,1-2H3,(H,17,18)(H2,14,15,19). The first-order valence-electron chi connectivity index (χ1n) is 7.07. The first-order chi connectivity index (χ1) is 9.51. The number of nitrogens with zero attached hydrogens (tertiary/aromatic N) is 1. The number of urea groups is 1. The molecule has 20 heavy (non-hydrogen) atoms. The Balaban J connectivity index is 2.28. The molecule has 7 heteroatoms. The smallest absolute Gasteiger partial charge is 0.315 e. The van der Waals surface area contributed by atoms with Gasteiger partial charge in [0.2, 0.25) is 0 Å². The molecule has 7 nitrogen and oxygen atoms in total. The predicted octanol–water partition coefficient (Wildman–Crippen LogP) is 0.260. The van der Waals surface area contributed by atoms with Crippen LogP contribution in [0.3, 0.4) is 0 Å². The van der Waals surface area contributed by atoms with Gasteiger partial charge in [-0.15, -0.1) is 0 Å². The summed E-state index contributed by atoms with van der Waals surface area (Å²) in [5.74, 6) is -0.902. The van der Waals surface area contributed by atoms with Gasteiger partial charge in [0, 0.05) is 25.7 Å². The molecule has 1 rings (SSSR count). The van der Waals surface area contributed by atoms with Crippen LogP contribution in [0.15, 0.2) is 0 Å². The Morgan fingerprint density at radius 1 is 1.50 bits per heavy atom. The Kier molecular flexibility index (Phi) is 7.32. The third kappa shape index (κ3) is 6.72. The molecule has 0 bridgehead atoms. The van der Waals surface area contributed by atoms with Crippen LogP contribution in [0.5, 0.6) is 0 Å². The van der Waals surface area contributed by atoms with Gasteiger partial charge in [-0.25, -0.2) is 4.79 Å². The number of carboxylic acids is 1. The molecular weight excluding hydrogens is 262 g/mol. The van der Waals surface area contributed by atoms with Gasteiger partial charge in [-0.2, -0.15) is 0 Å². The van der Waals surface area contributed by atoms with Crippen LogP contribution in [0.1, 0.15) is 26.2 Å². The van der Waals surface area contributed by atoms with Crippen molar-refractivity contribution < 1.29 is 19.4 Å². The number of ether oxygens (including phenoxy) is 1. The fourth-order valence-electron chi connectivity index (χ4n) is 2.22. The van der Waals surface area contributed by atoms with Crippen molar-refractivity contribution >= 4 is 12.0 Å². The number of hydrogen-bond acceptors (Lipinski definition) is 4. The molecule has 0 aromatic carbocycles. The lowest BCUT2D eigenvalue weighted by Gasteiger charge is -2.30. The second kappa shape index (κ2) is 8.76. The SMILES string of the molecule is CCCC(CC(=O)O)NC(=O)NCC1CN(C)CCO1. The fraction of sp³-hybridized carbons (Fsp3) is 0.846. The molecule has 2 unspecified atom stereocenters. The Hall–Kier alpha value is -1.34. The van der Waals surface area contributed by atoms with E-state index in [4.69, 9.17) is 9.84 Å². The third-order valence-electron chi connectivity index (χ3n) is 3.23. The van der Waals surface area contributed by atoms with Gasteiger partial charge in [-0.3, -0.25) is 4.79 Å². The minimum absolute atomic E-state index is 0.0106. The number of rotatable bonds is 7. The van der Waals surface area contributed by atoms with Gasteiger partial charge in [-0.05, 0) is 13.5 Å². The summed E-state index contributed by atoms with van der Waals surface area (Å²) < 4.78 is 5.54. The fourth-order valence-corrected chi connectivity index (χ4v) is 2.22. The van der Waals surface area contributed by atoms with Crippen LogP contribution in [0.25, 0.3) is 0 Å².